The van der Waals surface area contributed by atoms with Crippen LogP contribution in [0.2, 0.25) is 0 Å². The van der Waals surface area contributed by atoms with Gasteiger partial charge in [-0.2, -0.15) is 0 Å². The number of nitrogens with zero attached hydrogens (tertiary/aromatic N) is 2. The average molecular weight is 535 g/mol. The largest absolute Gasteiger partial charge is 0.357 e. The molecular weight excluding hydrogens is 505 g/mol. The van der Waals surface area contributed by atoms with E-state index in [-0.39, 0.29) is 48.4 Å². The first-order valence-electron chi connectivity index (χ1n) is 10.4. The molecule has 1 heterocycles. The normalized spacial score (nSPS) is 14.6. The highest BCUT2D eigenvalue weighted by atomic mass is 127. The van der Waals surface area contributed by atoms with Crippen LogP contribution in [0.1, 0.15) is 24.0 Å². The minimum Gasteiger partial charge on any atom is -0.357 e. The average Bonchev–Trinajstić information content (AvgIpc) is 3.10. The van der Waals surface area contributed by atoms with Crippen LogP contribution in [-0.2, 0) is 11.2 Å². The highest BCUT2D eigenvalue weighted by Gasteiger charge is 2.27. The van der Waals surface area contributed by atoms with Crippen molar-refractivity contribution < 1.29 is 9.59 Å². The van der Waals surface area contributed by atoms with Gasteiger partial charge in [0, 0.05) is 32.1 Å². The van der Waals surface area contributed by atoms with Crippen molar-refractivity contribution in [3.8, 4) is 0 Å². The summed E-state index contributed by atoms with van der Waals surface area (Å²) in [6.07, 6.45) is 0.899. The van der Waals surface area contributed by atoms with Gasteiger partial charge in [0.15, 0.2) is 5.96 Å². The molecule has 1 atom stereocenters. The van der Waals surface area contributed by atoms with Gasteiger partial charge < -0.3 is 16.0 Å². The van der Waals surface area contributed by atoms with Crippen LogP contribution in [0, 0.1) is 0 Å². The number of aliphatic imine (C=N–C) groups is 1. The number of imide groups is 1. The zero-order valence-corrected chi connectivity index (χ0v) is 20.0. The van der Waals surface area contributed by atoms with Crippen molar-refractivity contribution in [2.45, 2.75) is 19.3 Å². The van der Waals surface area contributed by atoms with Crippen LogP contribution in [0.3, 0.4) is 0 Å². The zero-order valence-electron chi connectivity index (χ0n) is 17.7. The number of benzene rings is 2. The van der Waals surface area contributed by atoms with E-state index in [0.717, 1.165) is 13.0 Å². The molecule has 1 saturated heterocycles. The second-order valence-electron chi connectivity index (χ2n) is 7.15. The van der Waals surface area contributed by atoms with Crippen LogP contribution in [0.5, 0.6) is 0 Å². The molecule has 2 aromatic rings. The summed E-state index contributed by atoms with van der Waals surface area (Å²) in [7, 11) is 0. The van der Waals surface area contributed by atoms with Crippen molar-refractivity contribution >= 4 is 41.9 Å². The second kappa shape index (κ2) is 12.9. The van der Waals surface area contributed by atoms with E-state index in [0.29, 0.717) is 25.6 Å². The van der Waals surface area contributed by atoms with Gasteiger partial charge >= 0.3 is 6.03 Å². The highest BCUT2D eigenvalue weighted by Crippen LogP contribution is 2.21. The monoisotopic (exact) mass is 535 g/mol. The predicted molar refractivity (Wildman–Crippen MR) is 134 cm³/mol. The third-order valence-electron chi connectivity index (χ3n) is 4.97. The van der Waals surface area contributed by atoms with E-state index in [1.807, 2.05) is 19.1 Å². The molecule has 7 nitrogen and oxygen atoms in total. The Bertz CT molecular complexity index is 845. The number of nitrogens with one attached hydrogen (secondary N) is 3. The minimum atomic E-state index is -0.337. The number of rotatable bonds is 9. The summed E-state index contributed by atoms with van der Waals surface area (Å²) in [4.78, 5) is 29.4. The predicted octanol–water partition coefficient (Wildman–Crippen LogP) is 2.74. The number of hydrogen-bond acceptors (Lipinski definition) is 3. The molecule has 2 aromatic carbocycles. The summed E-state index contributed by atoms with van der Waals surface area (Å²) in [5.74, 6) is 0.726. The molecule has 0 radical (unpaired) electrons. The molecule has 1 aliphatic heterocycles. The molecule has 0 saturated carbocycles. The molecule has 0 bridgehead atoms. The van der Waals surface area contributed by atoms with E-state index in [1.165, 1.54) is 16.0 Å². The van der Waals surface area contributed by atoms with Crippen LogP contribution >= 0.6 is 24.0 Å². The molecular formula is C23H30IN5O2. The Morgan fingerprint density at radius 1 is 1.06 bits per heavy atom. The van der Waals surface area contributed by atoms with Gasteiger partial charge in [0.05, 0.1) is 6.54 Å². The molecule has 3 N–H and O–H groups in total. The Balaban J connectivity index is 0.00000341. The number of guanidine groups is 1. The van der Waals surface area contributed by atoms with Gasteiger partial charge in [-0.1, -0.05) is 60.7 Å². The summed E-state index contributed by atoms with van der Waals surface area (Å²) < 4.78 is 0. The fourth-order valence-corrected chi connectivity index (χ4v) is 3.42. The van der Waals surface area contributed by atoms with Gasteiger partial charge in [-0.25, -0.2) is 4.79 Å². The van der Waals surface area contributed by atoms with E-state index in [4.69, 9.17) is 4.99 Å². The third kappa shape index (κ3) is 7.54. The molecule has 3 amide bonds. The number of hydrogen-bond donors (Lipinski definition) is 3. The van der Waals surface area contributed by atoms with Crippen LogP contribution in [0.4, 0.5) is 4.79 Å². The van der Waals surface area contributed by atoms with Gasteiger partial charge in [-0.15, -0.1) is 24.0 Å². The van der Waals surface area contributed by atoms with Crippen molar-refractivity contribution in [3.05, 3.63) is 71.8 Å². The van der Waals surface area contributed by atoms with E-state index in [9.17, 15) is 9.59 Å². The van der Waals surface area contributed by atoms with Crippen LogP contribution in [0.15, 0.2) is 65.7 Å². The molecule has 1 fully saturated rings. The number of halogens is 1. The zero-order chi connectivity index (χ0) is 21.2. The SMILES string of the molecule is CCNC(=NCC(Cc1ccccc1)c1ccccc1)NCCN1C(=O)CNC1=O.I. The fraction of sp³-hybridized carbons (Fsp3) is 0.348. The maximum absolute atomic E-state index is 11.7. The van der Waals surface area contributed by atoms with Crippen molar-refractivity contribution in [2.75, 3.05) is 32.7 Å². The molecule has 166 valence electrons. The van der Waals surface area contributed by atoms with E-state index < -0.39 is 0 Å². The second-order valence-corrected chi connectivity index (χ2v) is 7.15. The lowest BCUT2D eigenvalue weighted by Gasteiger charge is -2.18. The van der Waals surface area contributed by atoms with Crippen LogP contribution in [-0.4, -0.2) is 55.5 Å². The number of amides is 3. The maximum Gasteiger partial charge on any atom is 0.324 e. The first-order chi connectivity index (χ1) is 14.7. The standard InChI is InChI=1S/C23H29N5O2.HI/c1-2-24-22(25-13-14-28-21(29)17-27-23(28)30)26-16-20(19-11-7-4-8-12-19)15-18-9-5-3-6-10-18;/h3-12,20H,2,13-17H2,1H3,(H,27,30)(H2,24,25,26);1H. The Morgan fingerprint density at radius 3 is 2.35 bits per heavy atom. The van der Waals surface area contributed by atoms with Gasteiger partial charge in [0.1, 0.15) is 0 Å². The molecule has 31 heavy (non-hydrogen) atoms. The molecule has 0 aliphatic carbocycles. The molecule has 0 spiro atoms. The van der Waals surface area contributed by atoms with E-state index in [1.54, 1.807) is 0 Å². The fourth-order valence-electron chi connectivity index (χ4n) is 3.42. The van der Waals surface area contributed by atoms with Crippen LogP contribution < -0.4 is 16.0 Å². The Kier molecular flexibility index (Phi) is 10.3. The highest BCUT2D eigenvalue weighted by molar-refractivity contribution is 14.0. The Labute approximate surface area is 200 Å². The smallest absolute Gasteiger partial charge is 0.324 e. The Morgan fingerprint density at radius 2 is 1.74 bits per heavy atom. The lowest BCUT2D eigenvalue weighted by Crippen LogP contribution is -2.43. The number of carbonyl (C=O) groups excluding carboxylic acids is 2. The van der Waals surface area contributed by atoms with Crippen LogP contribution in [0.25, 0.3) is 0 Å². The number of carbonyl (C=O) groups is 2. The first-order valence-corrected chi connectivity index (χ1v) is 10.4. The topological polar surface area (TPSA) is 85.8 Å². The summed E-state index contributed by atoms with van der Waals surface area (Å²) in [6.45, 7) is 4.18. The molecule has 0 aromatic heterocycles. The quantitative estimate of drug-likeness (QED) is 0.200. The summed E-state index contributed by atoms with van der Waals surface area (Å²) in [6, 6.07) is 20.5. The van der Waals surface area contributed by atoms with E-state index in [2.05, 4.69) is 64.5 Å². The van der Waals surface area contributed by atoms with Gasteiger partial charge in [-0.3, -0.25) is 14.7 Å². The molecule has 1 aliphatic rings. The number of urea groups is 1. The summed E-state index contributed by atoms with van der Waals surface area (Å²) >= 11 is 0. The molecule has 3 rings (SSSR count). The van der Waals surface area contributed by atoms with E-state index >= 15 is 0 Å². The van der Waals surface area contributed by atoms with Crippen molar-refractivity contribution in [1.82, 2.24) is 20.9 Å². The van der Waals surface area contributed by atoms with Crippen molar-refractivity contribution in [2.24, 2.45) is 4.99 Å². The minimum absolute atomic E-state index is 0. The molecule has 1 unspecified atom stereocenters. The maximum atomic E-state index is 11.7. The third-order valence-corrected chi connectivity index (χ3v) is 4.97. The van der Waals surface area contributed by atoms with Gasteiger partial charge in [-0.05, 0) is 24.5 Å². The lowest BCUT2D eigenvalue weighted by atomic mass is 9.92. The van der Waals surface area contributed by atoms with Crippen molar-refractivity contribution in [1.29, 1.82) is 0 Å². The summed E-state index contributed by atoms with van der Waals surface area (Å²) in [5, 5.41) is 8.99. The van der Waals surface area contributed by atoms with Gasteiger partial charge in [0.25, 0.3) is 0 Å². The van der Waals surface area contributed by atoms with Gasteiger partial charge in [0.2, 0.25) is 5.91 Å². The Hall–Kier alpha value is -2.62. The van der Waals surface area contributed by atoms with Crippen molar-refractivity contribution in [3.63, 3.8) is 0 Å². The molecule has 8 heteroatoms. The summed E-state index contributed by atoms with van der Waals surface area (Å²) in [5.41, 5.74) is 2.53. The lowest BCUT2D eigenvalue weighted by molar-refractivity contribution is -0.124. The first kappa shape index (κ1) is 24.6.